The molecule has 1 amide bonds. The van der Waals surface area contributed by atoms with Gasteiger partial charge in [0.25, 0.3) is 6.17 Å². The largest absolute Gasteiger partial charge is 0.325 e. The molecule has 1 aliphatic heterocycles. The number of aromatic nitrogens is 3. The number of carbonyl (C=O) groups is 1. The second-order valence-corrected chi connectivity index (χ2v) is 8.52. The predicted molar refractivity (Wildman–Crippen MR) is 118 cm³/mol. The van der Waals surface area contributed by atoms with Gasteiger partial charge in [0.2, 0.25) is 11.1 Å². The number of rotatable bonds is 6. The molecule has 4 rings (SSSR count). The molecule has 0 unspecified atom stereocenters. The summed E-state index contributed by atoms with van der Waals surface area (Å²) >= 11 is 1.49. The van der Waals surface area contributed by atoms with Crippen LogP contribution in [0.3, 0.4) is 0 Å². The Balaban J connectivity index is 1.90. The van der Waals surface area contributed by atoms with E-state index in [0.29, 0.717) is 27.7 Å². The Labute approximate surface area is 184 Å². The first kappa shape index (κ1) is 21.2. The third-order valence-electron chi connectivity index (χ3n) is 5.25. The number of H-pyrrole nitrogens is 1. The summed E-state index contributed by atoms with van der Waals surface area (Å²) in [6.45, 7) is 3.62. The highest BCUT2D eigenvalue weighted by Gasteiger charge is 2.44. The molecule has 3 aromatic rings. The Bertz CT molecular complexity index is 1160. The van der Waals surface area contributed by atoms with Gasteiger partial charge in [-0.25, -0.2) is 9.29 Å². The van der Waals surface area contributed by atoms with E-state index in [0.717, 1.165) is 25.0 Å². The first-order valence-electron chi connectivity index (χ1n) is 10.3. The Hall–Kier alpha value is -3.00. The minimum absolute atomic E-state index is 0.195. The van der Waals surface area contributed by atoms with E-state index in [1.165, 1.54) is 30.8 Å². The van der Waals surface area contributed by atoms with Gasteiger partial charge in [0.1, 0.15) is 5.82 Å². The average Bonchev–Trinajstić information content (AvgIpc) is 2.76. The summed E-state index contributed by atoms with van der Waals surface area (Å²) in [5.41, 5.74) is 2.03. The number of thioether (sulfide) groups is 1. The summed E-state index contributed by atoms with van der Waals surface area (Å²) in [7, 11) is 0. The third kappa shape index (κ3) is 4.12. The summed E-state index contributed by atoms with van der Waals surface area (Å²) in [6, 6.07) is 13.2. The second-order valence-electron chi connectivity index (χ2n) is 7.44. The van der Waals surface area contributed by atoms with Crippen molar-refractivity contribution in [2.75, 3.05) is 10.7 Å². The number of aromatic amines is 1. The van der Waals surface area contributed by atoms with Crippen LogP contribution in [0.1, 0.15) is 44.8 Å². The van der Waals surface area contributed by atoms with Crippen LogP contribution in [-0.4, -0.2) is 21.7 Å². The fourth-order valence-corrected chi connectivity index (χ4v) is 4.69. The van der Waals surface area contributed by atoms with Crippen LogP contribution in [0.4, 0.5) is 10.1 Å². The van der Waals surface area contributed by atoms with Crippen LogP contribution in [0.2, 0.25) is 0 Å². The lowest BCUT2D eigenvalue weighted by Crippen LogP contribution is -2.60. The van der Waals surface area contributed by atoms with Gasteiger partial charge in [-0.1, -0.05) is 43.7 Å². The van der Waals surface area contributed by atoms with Gasteiger partial charge < -0.3 is 0 Å². The van der Waals surface area contributed by atoms with E-state index in [2.05, 4.69) is 11.9 Å². The summed E-state index contributed by atoms with van der Waals surface area (Å²) in [5, 5.41) is 5.22. The van der Waals surface area contributed by atoms with Crippen LogP contribution in [-0.2, 0) is 4.79 Å². The molecule has 160 valence electrons. The van der Waals surface area contributed by atoms with E-state index in [1.54, 1.807) is 21.7 Å². The van der Waals surface area contributed by atoms with Gasteiger partial charge >= 0.3 is 11.3 Å². The number of hydrogen-bond acceptors (Lipinski definition) is 4. The van der Waals surface area contributed by atoms with E-state index < -0.39 is 6.17 Å². The zero-order chi connectivity index (χ0) is 22.0. The highest BCUT2D eigenvalue weighted by Crippen LogP contribution is 2.37. The minimum atomic E-state index is -0.694. The zero-order valence-electron chi connectivity index (χ0n) is 17.5. The van der Waals surface area contributed by atoms with Gasteiger partial charge in [-0.3, -0.25) is 14.6 Å². The van der Waals surface area contributed by atoms with Gasteiger partial charge in [0.15, 0.2) is 0 Å². The summed E-state index contributed by atoms with van der Waals surface area (Å²) in [5.74, 6) is 0.273. The molecule has 8 heteroatoms. The van der Waals surface area contributed by atoms with Crippen LogP contribution >= 0.6 is 11.8 Å². The monoisotopic (exact) mass is 439 g/mol. The number of unbranched alkanes of at least 4 members (excludes halogenated alkanes) is 2. The SMILES string of the molecule is CCCCCSc1n[n+]2c(c(=O)[nH]1)-c1ccccc1N(C(C)=O)[C@H]2c1ccc(F)cc1. The maximum absolute atomic E-state index is 13.6. The molecule has 0 bridgehead atoms. The van der Waals surface area contributed by atoms with Crippen molar-refractivity contribution in [3.05, 3.63) is 70.3 Å². The number of fused-ring (bicyclic) bond motifs is 3. The second kappa shape index (κ2) is 9.01. The number of amides is 1. The van der Waals surface area contributed by atoms with Crippen LogP contribution < -0.4 is 15.1 Å². The Morgan fingerprint density at radius 3 is 2.65 bits per heavy atom. The van der Waals surface area contributed by atoms with Crippen molar-refractivity contribution in [2.24, 2.45) is 0 Å². The van der Waals surface area contributed by atoms with Gasteiger partial charge in [-0.2, -0.15) is 0 Å². The molecule has 0 radical (unpaired) electrons. The van der Waals surface area contributed by atoms with E-state index in [9.17, 15) is 14.0 Å². The van der Waals surface area contributed by atoms with Crippen LogP contribution in [0.5, 0.6) is 0 Å². The van der Waals surface area contributed by atoms with Gasteiger partial charge in [-0.15, -0.1) is 0 Å². The molecule has 1 aromatic heterocycles. The van der Waals surface area contributed by atoms with Crippen molar-refractivity contribution in [3.63, 3.8) is 0 Å². The first-order valence-corrected chi connectivity index (χ1v) is 11.3. The first-order chi connectivity index (χ1) is 15.0. The molecule has 2 heterocycles. The number of halogens is 1. The molecule has 6 nitrogen and oxygen atoms in total. The average molecular weight is 440 g/mol. The molecule has 1 atom stereocenters. The number of anilines is 1. The topological polar surface area (TPSA) is 69.9 Å². The number of hydrogen-bond donors (Lipinski definition) is 1. The fraction of sp³-hybridized carbons (Fsp3) is 0.304. The normalized spacial score (nSPS) is 14.8. The molecule has 2 aromatic carbocycles. The van der Waals surface area contributed by atoms with E-state index in [-0.39, 0.29) is 17.3 Å². The summed E-state index contributed by atoms with van der Waals surface area (Å²) in [4.78, 5) is 30.4. The zero-order valence-corrected chi connectivity index (χ0v) is 18.3. The quantitative estimate of drug-likeness (QED) is 0.357. The number of benzene rings is 2. The highest BCUT2D eigenvalue weighted by atomic mass is 32.2. The van der Waals surface area contributed by atoms with Crippen LogP contribution in [0.15, 0.2) is 58.5 Å². The van der Waals surface area contributed by atoms with Crippen molar-refractivity contribution >= 4 is 23.4 Å². The minimum Gasteiger partial charge on any atom is -0.291 e. The van der Waals surface area contributed by atoms with E-state index in [1.807, 2.05) is 24.3 Å². The Morgan fingerprint density at radius 2 is 1.94 bits per heavy atom. The standard InChI is InChI=1S/C23H23FN4O2S/c1-3-4-7-14-31-23-25-21(30)20-18-8-5-6-9-19(18)27(15(2)29)22(28(20)26-23)16-10-12-17(24)13-11-16/h5-6,8-13,22H,3-4,7,14H2,1-2H3/p+1/t22-/m1/s1. The van der Waals surface area contributed by atoms with E-state index >= 15 is 0 Å². The Morgan fingerprint density at radius 1 is 1.19 bits per heavy atom. The highest BCUT2D eigenvalue weighted by molar-refractivity contribution is 7.99. The fourth-order valence-electron chi connectivity index (χ4n) is 3.83. The van der Waals surface area contributed by atoms with Crippen molar-refractivity contribution in [1.82, 2.24) is 10.1 Å². The van der Waals surface area contributed by atoms with Crippen molar-refractivity contribution in [1.29, 1.82) is 0 Å². The molecular weight excluding hydrogens is 415 g/mol. The number of nitrogens with one attached hydrogen (secondary N) is 1. The van der Waals surface area contributed by atoms with Crippen molar-refractivity contribution in [3.8, 4) is 11.3 Å². The molecule has 0 fully saturated rings. The molecule has 31 heavy (non-hydrogen) atoms. The number of nitrogens with zero attached hydrogens (tertiary/aromatic N) is 3. The van der Waals surface area contributed by atoms with Crippen molar-refractivity contribution in [2.45, 2.75) is 44.4 Å². The molecular formula is C23H24FN4O2S+. The third-order valence-corrected chi connectivity index (χ3v) is 6.20. The Kier molecular flexibility index (Phi) is 6.18. The van der Waals surface area contributed by atoms with Crippen molar-refractivity contribution < 1.29 is 13.9 Å². The summed E-state index contributed by atoms with van der Waals surface area (Å²) in [6.07, 6.45) is 2.55. The molecule has 0 spiro atoms. The summed E-state index contributed by atoms with van der Waals surface area (Å²) < 4.78 is 15.2. The maximum Gasteiger partial charge on any atom is 0.325 e. The van der Waals surface area contributed by atoms with Gasteiger partial charge in [0.05, 0.1) is 11.3 Å². The predicted octanol–water partition coefficient (Wildman–Crippen LogP) is 4.06. The molecule has 1 aliphatic rings. The lowest BCUT2D eigenvalue weighted by Gasteiger charge is -2.31. The van der Waals surface area contributed by atoms with Gasteiger partial charge in [0, 0.05) is 23.3 Å². The van der Waals surface area contributed by atoms with E-state index in [4.69, 9.17) is 5.10 Å². The number of para-hydroxylation sites is 1. The molecule has 1 N–H and O–H groups in total. The lowest BCUT2D eigenvalue weighted by atomic mass is 10.0. The van der Waals surface area contributed by atoms with Crippen LogP contribution in [0, 0.1) is 5.82 Å². The molecule has 0 aliphatic carbocycles. The molecule has 0 saturated heterocycles. The maximum atomic E-state index is 13.6. The lowest BCUT2D eigenvalue weighted by molar-refractivity contribution is -0.763. The van der Waals surface area contributed by atoms with Gasteiger partial charge in [-0.05, 0) is 47.5 Å². The smallest absolute Gasteiger partial charge is 0.291 e. The molecule has 0 saturated carbocycles. The van der Waals surface area contributed by atoms with Crippen LogP contribution in [0.25, 0.3) is 11.3 Å². The number of carbonyl (C=O) groups excluding carboxylic acids is 1.